The van der Waals surface area contributed by atoms with Crippen LogP contribution < -0.4 is 0 Å². The van der Waals surface area contributed by atoms with Crippen LogP contribution in [0.3, 0.4) is 0 Å². The summed E-state index contributed by atoms with van der Waals surface area (Å²) in [6.45, 7) is 2.05. The molecule has 0 radical (unpaired) electrons. The topological polar surface area (TPSA) is 36.7 Å². The van der Waals surface area contributed by atoms with E-state index >= 15 is 0 Å². The second kappa shape index (κ2) is 10.2. The Morgan fingerprint density at radius 2 is 1.68 bits per heavy atom. The zero-order valence-electron chi connectivity index (χ0n) is 17.7. The fourth-order valence-corrected chi connectivity index (χ4v) is 3.77. The molecule has 31 heavy (non-hydrogen) atoms. The molecular weight excluding hydrogens is 431 g/mol. The van der Waals surface area contributed by atoms with Crippen molar-refractivity contribution in [1.82, 2.24) is 9.80 Å². The van der Waals surface area contributed by atoms with Gasteiger partial charge in [0.05, 0.1) is 6.54 Å². The van der Waals surface area contributed by atoms with Gasteiger partial charge >= 0.3 is 0 Å². The Bertz CT molecular complexity index is 1050. The Morgan fingerprint density at radius 3 is 2.29 bits per heavy atom. The SMILES string of the molecule is CN(C)Cc1cc2c(o1)CCN(C(=O)c1ccc(/C=C\c3ccc(Cl)cc3)cc1)C2.Cl. The van der Waals surface area contributed by atoms with Crippen LogP contribution in [0.2, 0.25) is 5.02 Å². The summed E-state index contributed by atoms with van der Waals surface area (Å²) < 4.78 is 5.94. The minimum Gasteiger partial charge on any atom is -0.464 e. The molecule has 162 valence electrons. The summed E-state index contributed by atoms with van der Waals surface area (Å²) in [6.07, 6.45) is 4.82. The Hall–Kier alpha value is -2.53. The van der Waals surface area contributed by atoms with Gasteiger partial charge < -0.3 is 14.2 Å². The fraction of sp³-hybridized carbons (Fsp3) is 0.240. The molecule has 2 heterocycles. The standard InChI is InChI=1S/C25H25ClN2O2.ClH/c1-27(2)17-23-15-21-16-28(14-13-24(21)30-23)25(29)20-9-5-18(6-10-20)3-4-19-7-11-22(26)12-8-19;/h3-12,15H,13-14,16-17H2,1-2H3;1H/b4-3-;. The van der Waals surface area contributed by atoms with Gasteiger partial charge in [0.15, 0.2) is 0 Å². The van der Waals surface area contributed by atoms with Gasteiger partial charge in [-0.1, -0.05) is 48.0 Å². The molecule has 2 aromatic carbocycles. The number of nitrogens with zero attached hydrogens (tertiary/aromatic N) is 2. The van der Waals surface area contributed by atoms with Crippen LogP contribution in [0, 0.1) is 0 Å². The largest absolute Gasteiger partial charge is 0.464 e. The van der Waals surface area contributed by atoms with Gasteiger partial charge in [-0.2, -0.15) is 0 Å². The number of halogens is 2. The lowest BCUT2D eigenvalue weighted by molar-refractivity contribution is 0.0729. The zero-order chi connectivity index (χ0) is 21.1. The number of amides is 1. The van der Waals surface area contributed by atoms with Crippen LogP contribution in [-0.2, 0) is 19.5 Å². The molecule has 0 saturated carbocycles. The van der Waals surface area contributed by atoms with Crippen LogP contribution >= 0.6 is 24.0 Å². The Labute approximate surface area is 194 Å². The molecule has 0 N–H and O–H groups in total. The van der Waals surface area contributed by atoms with Crippen molar-refractivity contribution >= 4 is 42.1 Å². The number of hydrogen-bond donors (Lipinski definition) is 0. The smallest absolute Gasteiger partial charge is 0.254 e. The summed E-state index contributed by atoms with van der Waals surface area (Å²) >= 11 is 5.92. The van der Waals surface area contributed by atoms with Crippen molar-refractivity contribution in [3.8, 4) is 0 Å². The molecule has 0 bridgehead atoms. The maximum Gasteiger partial charge on any atom is 0.254 e. The number of carbonyl (C=O) groups is 1. The fourth-order valence-electron chi connectivity index (χ4n) is 3.64. The number of carbonyl (C=O) groups excluding carboxylic acids is 1. The molecule has 1 aliphatic rings. The second-order valence-corrected chi connectivity index (χ2v) is 8.32. The van der Waals surface area contributed by atoms with Gasteiger partial charge in [-0.3, -0.25) is 4.79 Å². The summed E-state index contributed by atoms with van der Waals surface area (Å²) in [6, 6.07) is 17.5. The van der Waals surface area contributed by atoms with Gasteiger partial charge in [0.25, 0.3) is 5.91 Å². The minimum absolute atomic E-state index is 0. The van der Waals surface area contributed by atoms with Crippen LogP contribution in [-0.4, -0.2) is 36.3 Å². The number of rotatable bonds is 5. The highest BCUT2D eigenvalue weighted by Crippen LogP contribution is 2.25. The van der Waals surface area contributed by atoms with Crippen molar-refractivity contribution in [3.05, 3.63) is 93.4 Å². The van der Waals surface area contributed by atoms with Gasteiger partial charge in [-0.15, -0.1) is 12.4 Å². The predicted molar refractivity (Wildman–Crippen MR) is 129 cm³/mol. The number of hydrogen-bond acceptors (Lipinski definition) is 3. The van der Waals surface area contributed by atoms with Gasteiger partial charge in [0.2, 0.25) is 0 Å². The third-order valence-corrected chi connectivity index (χ3v) is 5.42. The summed E-state index contributed by atoms with van der Waals surface area (Å²) in [5, 5.41) is 0.726. The third kappa shape index (κ3) is 5.79. The van der Waals surface area contributed by atoms with E-state index in [1.54, 1.807) is 0 Å². The van der Waals surface area contributed by atoms with E-state index in [1.165, 1.54) is 0 Å². The maximum atomic E-state index is 13.0. The van der Waals surface area contributed by atoms with Crippen molar-refractivity contribution in [2.24, 2.45) is 0 Å². The molecule has 1 aromatic heterocycles. The number of benzene rings is 2. The molecule has 0 atom stereocenters. The van der Waals surface area contributed by atoms with Gasteiger partial charge in [0, 0.05) is 35.7 Å². The molecule has 4 rings (SSSR count). The summed E-state index contributed by atoms with van der Waals surface area (Å²) in [5.41, 5.74) is 3.95. The first kappa shape index (κ1) is 23.1. The van der Waals surface area contributed by atoms with E-state index < -0.39 is 0 Å². The van der Waals surface area contributed by atoms with E-state index in [1.807, 2.05) is 79.7 Å². The third-order valence-electron chi connectivity index (χ3n) is 5.17. The molecule has 3 aromatic rings. The average molecular weight is 457 g/mol. The van der Waals surface area contributed by atoms with E-state index in [-0.39, 0.29) is 18.3 Å². The molecular formula is C25H26Cl2N2O2. The van der Waals surface area contributed by atoms with Crippen LogP contribution in [0.5, 0.6) is 0 Å². The quantitative estimate of drug-likeness (QED) is 0.456. The van der Waals surface area contributed by atoms with Gasteiger partial charge in [-0.25, -0.2) is 0 Å². The van der Waals surface area contributed by atoms with E-state index in [2.05, 4.69) is 11.0 Å². The number of fused-ring (bicyclic) bond motifs is 1. The van der Waals surface area contributed by atoms with Crippen LogP contribution in [0.25, 0.3) is 12.2 Å². The molecule has 0 saturated heterocycles. The lowest BCUT2D eigenvalue weighted by atomic mass is 10.1. The Balaban J connectivity index is 0.00000272. The van der Waals surface area contributed by atoms with E-state index in [4.69, 9.17) is 16.0 Å². The van der Waals surface area contributed by atoms with Crippen LogP contribution in [0.4, 0.5) is 0 Å². The van der Waals surface area contributed by atoms with Crippen molar-refractivity contribution in [3.63, 3.8) is 0 Å². The molecule has 1 amide bonds. The molecule has 4 nitrogen and oxygen atoms in total. The normalized spacial score (nSPS) is 13.4. The minimum atomic E-state index is 0. The highest BCUT2D eigenvalue weighted by molar-refractivity contribution is 6.30. The summed E-state index contributed by atoms with van der Waals surface area (Å²) in [5.74, 6) is 2.03. The first-order chi connectivity index (χ1) is 14.5. The maximum absolute atomic E-state index is 13.0. The molecule has 0 spiro atoms. The van der Waals surface area contributed by atoms with E-state index in [0.717, 1.165) is 46.2 Å². The molecule has 0 fully saturated rings. The van der Waals surface area contributed by atoms with Crippen LogP contribution in [0.1, 0.15) is 38.6 Å². The second-order valence-electron chi connectivity index (χ2n) is 7.88. The Morgan fingerprint density at radius 1 is 1.06 bits per heavy atom. The number of furan rings is 1. The van der Waals surface area contributed by atoms with E-state index in [0.29, 0.717) is 18.7 Å². The molecule has 1 aliphatic heterocycles. The highest BCUT2D eigenvalue weighted by atomic mass is 35.5. The van der Waals surface area contributed by atoms with Crippen LogP contribution in [0.15, 0.2) is 59.0 Å². The molecule has 0 unspecified atom stereocenters. The lowest BCUT2D eigenvalue weighted by Gasteiger charge is -2.26. The molecule has 0 aliphatic carbocycles. The average Bonchev–Trinajstić information content (AvgIpc) is 3.14. The Kier molecular flexibility index (Phi) is 7.60. The van der Waals surface area contributed by atoms with Crippen molar-refractivity contribution in [2.45, 2.75) is 19.5 Å². The van der Waals surface area contributed by atoms with Gasteiger partial charge in [-0.05, 0) is 55.6 Å². The van der Waals surface area contributed by atoms with Crippen molar-refractivity contribution in [2.75, 3.05) is 20.6 Å². The molecule has 6 heteroatoms. The van der Waals surface area contributed by atoms with E-state index in [9.17, 15) is 4.79 Å². The summed E-state index contributed by atoms with van der Waals surface area (Å²) in [7, 11) is 4.04. The predicted octanol–water partition coefficient (Wildman–Crippen LogP) is 5.79. The first-order valence-corrected chi connectivity index (χ1v) is 10.4. The zero-order valence-corrected chi connectivity index (χ0v) is 19.2. The van der Waals surface area contributed by atoms with Crippen molar-refractivity contribution in [1.29, 1.82) is 0 Å². The lowest BCUT2D eigenvalue weighted by Crippen LogP contribution is -2.35. The monoisotopic (exact) mass is 456 g/mol. The van der Waals surface area contributed by atoms with Gasteiger partial charge in [0.1, 0.15) is 11.5 Å². The highest BCUT2D eigenvalue weighted by Gasteiger charge is 2.25. The summed E-state index contributed by atoms with van der Waals surface area (Å²) in [4.78, 5) is 17.0. The van der Waals surface area contributed by atoms with Crippen molar-refractivity contribution < 1.29 is 9.21 Å². The first-order valence-electron chi connectivity index (χ1n) is 10.1.